The molecule has 0 fully saturated rings. The second-order valence-electron chi connectivity index (χ2n) is 6.43. The summed E-state index contributed by atoms with van der Waals surface area (Å²) in [6.45, 7) is 8.47. The van der Waals surface area contributed by atoms with Crippen molar-refractivity contribution in [2.45, 2.75) is 44.3 Å². The number of hydrogen-bond acceptors (Lipinski definition) is 4. The maximum atomic E-state index is 12.3. The van der Waals surface area contributed by atoms with E-state index in [-0.39, 0.29) is 5.91 Å². The second-order valence-corrected chi connectivity index (χ2v) is 9.08. The molecule has 0 saturated heterocycles. The quantitative estimate of drug-likeness (QED) is 0.595. The van der Waals surface area contributed by atoms with Crippen LogP contribution in [0.2, 0.25) is 0 Å². The molecule has 0 radical (unpaired) electrons. The summed E-state index contributed by atoms with van der Waals surface area (Å²) in [5.74, 6) is -0.0291. The molecule has 3 aromatic rings. The predicted molar refractivity (Wildman–Crippen MR) is 109 cm³/mol. The lowest BCUT2D eigenvalue weighted by Gasteiger charge is -2.06. The first-order chi connectivity index (χ1) is 11.9. The summed E-state index contributed by atoms with van der Waals surface area (Å²) in [6.07, 6.45) is 0.362. The predicted octanol–water partition coefficient (Wildman–Crippen LogP) is 5.59. The molecule has 1 aromatic heterocycles. The Kier molecular flexibility index (Phi) is 5.45. The highest BCUT2D eigenvalue weighted by Crippen LogP contribution is 2.31. The Labute approximate surface area is 156 Å². The number of carbonyl (C=O) groups excluding carboxylic acids is 1. The van der Waals surface area contributed by atoms with Gasteiger partial charge in [0.05, 0.1) is 16.6 Å². The maximum Gasteiger partial charge on any atom is 0.230 e. The van der Waals surface area contributed by atoms with Crippen LogP contribution in [0.1, 0.15) is 30.5 Å². The molecule has 3 nitrogen and oxygen atoms in total. The van der Waals surface area contributed by atoms with Crippen molar-refractivity contribution in [2.24, 2.45) is 0 Å². The van der Waals surface area contributed by atoms with Gasteiger partial charge in [0.25, 0.3) is 0 Å². The fourth-order valence-corrected chi connectivity index (χ4v) is 4.48. The molecule has 0 atom stereocenters. The Bertz CT molecular complexity index is 859. The molecule has 0 bridgehead atoms. The molecule has 0 unspecified atom stereocenters. The summed E-state index contributed by atoms with van der Waals surface area (Å²) in [5, 5.41) is 4.17. The number of nitrogens with zero attached hydrogens (tertiary/aromatic N) is 1. The van der Waals surface area contributed by atoms with Crippen molar-refractivity contribution in [2.75, 3.05) is 5.32 Å². The number of nitrogens with one attached hydrogen (secondary N) is 1. The number of anilines is 1. The molecule has 130 valence electrons. The number of aromatic nitrogens is 1. The molecule has 1 amide bonds. The molecular formula is C20H22N2OS2. The normalized spacial score (nSPS) is 11.2. The lowest BCUT2D eigenvalue weighted by Crippen LogP contribution is -2.14. The molecule has 0 aliphatic rings. The van der Waals surface area contributed by atoms with E-state index in [1.807, 2.05) is 30.8 Å². The minimum atomic E-state index is -0.0291. The van der Waals surface area contributed by atoms with E-state index < -0.39 is 0 Å². The molecule has 0 aliphatic heterocycles. The molecule has 1 heterocycles. The standard InChI is InChI=1S/C20H22N2OS2/c1-12(2)24-16-9-7-15(8-10-16)11-17(23)21-20-22-18-13(3)5-6-14(4)19(18)25-20/h5-10,12H,11H2,1-4H3,(H,21,22,23). The van der Waals surface area contributed by atoms with Crippen molar-refractivity contribution in [3.8, 4) is 0 Å². The monoisotopic (exact) mass is 370 g/mol. The maximum absolute atomic E-state index is 12.3. The highest BCUT2D eigenvalue weighted by molar-refractivity contribution is 7.99. The zero-order valence-corrected chi connectivity index (χ0v) is 16.6. The van der Waals surface area contributed by atoms with Gasteiger partial charge >= 0.3 is 0 Å². The third-order valence-electron chi connectivity index (χ3n) is 3.85. The van der Waals surface area contributed by atoms with E-state index in [0.29, 0.717) is 16.8 Å². The molecule has 0 saturated carbocycles. The Morgan fingerprint density at radius 2 is 1.80 bits per heavy atom. The largest absolute Gasteiger partial charge is 0.302 e. The number of thiazole rings is 1. The summed E-state index contributed by atoms with van der Waals surface area (Å²) < 4.78 is 1.14. The smallest absolute Gasteiger partial charge is 0.230 e. The van der Waals surface area contributed by atoms with E-state index in [1.165, 1.54) is 21.8 Å². The van der Waals surface area contributed by atoms with Crippen LogP contribution in [0.25, 0.3) is 10.2 Å². The lowest BCUT2D eigenvalue weighted by molar-refractivity contribution is -0.115. The first-order valence-corrected chi connectivity index (χ1v) is 10.0. The first kappa shape index (κ1) is 18.0. The summed E-state index contributed by atoms with van der Waals surface area (Å²) in [4.78, 5) is 18.2. The molecule has 25 heavy (non-hydrogen) atoms. The van der Waals surface area contributed by atoms with E-state index in [1.54, 1.807) is 0 Å². The third-order valence-corrected chi connectivity index (χ3v) is 5.97. The Hall–Kier alpha value is -1.85. The summed E-state index contributed by atoms with van der Waals surface area (Å²) in [7, 11) is 0. The number of carbonyl (C=O) groups is 1. The van der Waals surface area contributed by atoms with E-state index in [9.17, 15) is 4.79 Å². The summed E-state index contributed by atoms with van der Waals surface area (Å²) >= 11 is 3.36. The lowest BCUT2D eigenvalue weighted by atomic mass is 10.1. The Balaban J connectivity index is 1.68. The van der Waals surface area contributed by atoms with Gasteiger partial charge in [-0.3, -0.25) is 4.79 Å². The third kappa shape index (κ3) is 4.41. The number of aryl methyl sites for hydroxylation is 2. The van der Waals surface area contributed by atoms with Crippen LogP contribution in [0.15, 0.2) is 41.3 Å². The van der Waals surface area contributed by atoms with Crippen LogP contribution in [-0.2, 0) is 11.2 Å². The summed E-state index contributed by atoms with van der Waals surface area (Å²) in [6, 6.07) is 12.4. The van der Waals surface area contributed by atoms with Gasteiger partial charge in [0.15, 0.2) is 5.13 Å². The van der Waals surface area contributed by atoms with Gasteiger partial charge in [0, 0.05) is 10.1 Å². The van der Waals surface area contributed by atoms with Crippen LogP contribution < -0.4 is 5.32 Å². The highest BCUT2D eigenvalue weighted by Gasteiger charge is 2.11. The van der Waals surface area contributed by atoms with E-state index in [2.05, 4.69) is 55.3 Å². The number of amides is 1. The zero-order chi connectivity index (χ0) is 18.0. The topological polar surface area (TPSA) is 42.0 Å². The second kappa shape index (κ2) is 7.58. The fourth-order valence-electron chi connectivity index (χ4n) is 2.62. The molecule has 0 aliphatic carbocycles. The van der Waals surface area contributed by atoms with Gasteiger partial charge in [-0.15, -0.1) is 11.8 Å². The van der Waals surface area contributed by atoms with Crippen LogP contribution in [0, 0.1) is 13.8 Å². The average molecular weight is 371 g/mol. The van der Waals surface area contributed by atoms with Crippen molar-refractivity contribution in [3.05, 3.63) is 53.1 Å². The average Bonchev–Trinajstić information content (AvgIpc) is 2.97. The van der Waals surface area contributed by atoms with E-state index in [4.69, 9.17) is 0 Å². The van der Waals surface area contributed by atoms with Crippen LogP contribution in [0.3, 0.4) is 0 Å². The van der Waals surface area contributed by atoms with Crippen LogP contribution in [0.5, 0.6) is 0 Å². The van der Waals surface area contributed by atoms with Gasteiger partial charge in [-0.2, -0.15) is 0 Å². The molecule has 1 N–H and O–H groups in total. The molecule has 5 heteroatoms. The van der Waals surface area contributed by atoms with Crippen molar-refractivity contribution in [3.63, 3.8) is 0 Å². The molecular weight excluding hydrogens is 348 g/mol. The van der Waals surface area contributed by atoms with Gasteiger partial charge in [0.2, 0.25) is 5.91 Å². The zero-order valence-electron chi connectivity index (χ0n) is 14.9. The van der Waals surface area contributed by atoms with Gasteiger partial charge in [0.1, 0.15) is 0 Å². The van der Waals surface area contributed by atoms with Crippen LogP contribution in [-0.4, -0.2) is 16.1 Å². The molecule has 0 spiro atoms. The van der Waals surface area contributed by atoms with Crippen LogP contribution in [0.4, 0.5) is 5.13 Å². The first-order valence-electron chi connectivity index (χ1n) is 8.34. The van der Waals surface area contributed by atoms with Crippen molar-refractivity contribution in [1.82, 2.24) is 4.98 Å². The number of thioether (sulfide) groups is 1. The number of hydrogen-bond donors (Lipinski definition) is 1. The minimum Gasteiger partial charge on any atom is -0.302 e. The van der Waals surface area contributed by atoms with Gasteiger partial charge in [-0.1, -0.05) is 49.4 Å². The van der Waals surface area contributed by atoms with E-state index in [0.717, 1.165) is 21.3 Å². The van der Waals surface area contributed by atoms with Crippen LogP contribution >= 0.6 is 23.1 Å². The number of fused-ring (bicyclic) bond motifs is 1. The summed E-state index contributed by atoms with van der Waals surface area (Å²) in [5.41, 5.74) is 4.32. The number of rotatable bonds is 5. The van der Waals surface area contributed by atoms with E-state index >= 15 is 0 Å². The van der Waals surface area contributed by atoms with Crippen molar-refractivity contribution < 1.29 is 4.79 Å². The number of benzene rings is 2. The SMILES string of the molecule is Cc1ccc(C)c2sc(NC(=O)Cc3ccc(SC(C)C)cc3)nc12. The molecule has 3 rings (SSSR count). The van der Waals surface area contributed by atoms with Gasteiger partial charge in [-0.25, -0.2) is 4.98 Å². The van der Waals surface area contributed by atoms with Gasteiger partial charge in [-0.05, 0) is 42.7 Å². The Morgan fingerprint density at radius 1 is 1.12 bits per heavy atom. The van der Waals surface area contributed by atoms with Crippen molar-refractivity contribution >= 4 is 44.4 Å². The minimum absolute atomic E-state index is 0.0291. The molecule has 2 aromatic carbocycles. The van der Waals surface area contributed by atoms with Gasteiger partial charge < -0.3 is 5.32 Å². The Morgan fingerprint density at radius 3 is 2.44 bits per heavy atom. The highest BCUT2D eigenvalue weighted by atomic mass is 32.2. The fraction of sp³-hybridized carbons (Fsp3) is 0.300. The van der Waals surface area contributed by atoms with Crippen molar-refractivity contribution in [1.29, 1.82) is 0 Å².